The first-order valence-corrected chi connectivity index (χ1v) is 21.9. The summed E-state index contributed by atoms with van der Waals surface area (Å²) in [4.78, 5) is 54.1. The first-order valence-electron chi connectivity index (χ1n) is 18.2. The third kappa shape index (κ3) is 8.35. The second kappa shape index (κ2) is 17.2. The molecule has 5 aromatic rings. The summed E-state index contributed by atoms with van der Waals surface area (Å²) >= 11 is 5.62. The van der Waals surface area contributed by atoms with Crippen LogP contribution in [-0.4, -0.2) is 78.6 Å². The van der Waals surface area contributed by atoms with Crippen molar-refractivity contribution in [2.75, 3.05) is 23.9 Å². The van der Waals surface area contributed by atoms with Gasteiger partial charge in [0.05, 0.1) is 4.88 Å². The normalized spacial score (nSPS) is 17.1. The zero-order chi connectivity index (χ0) is 40.2. The molecule has 7 rings (SSSR count). The summed E-state index contributed by atoms with van der Waals surface area (Å²) in [7, 11) is 1.35. The molecule has 12 nitrogen and oxygen atoms in total. The number of nitrogens with zero attached hydrogens (tertiary/aromatic N) is 5. The number of rotatable bonds is 14. The Morgan fingerprint density at radius 3 is 2.14 bits per heavy atom. The molecule has 0 spiro atoms. The van der Waals surface area contributed by atoms with Crippen LogP contribution in [0.15, 0.2) is 118 Å². The second-order valence-electron chi connectivity index (χ2n) is 14.1. The molecule has 2 amide bonds. The van der Waals surface area contributed by atoms with Gasteiger partial charge < -0.3 is 20.2 Å². The largest absolute Gasteiger partial charge is 0.455 e. The van der Waals surface area contributed by atoms with E-state index in [2.05, 4.69) is 61.8 Å². The molecule has 1 saturated heterocycles. The quantitative estimate of drug-likeness (QED) is 0.0295. The fourth-order valence-corrected chi connectivity index (χ4v) is 10.7. The molecule has 3 aromatic carbocycles. The van der Waals surface area contributed by atoms with E-state index in [1.165, 1.54) is 58.4 Å². The average molecular weight is 840 g/mol. The fourth-order valence-electron chi connectivity index (χ4n) is 6.68. The van der Waals surface area contributed by atoms with Gasteiger partial charge in [0.1, 0.15) is 46.1 Å². The van der Waals surface area contributed by atoms with Gasteiger partial charge >= 0.3 is 5.97 Å². The molecule has 1 fully saturated rings. The SMILES string of the molecule is CCc1snnc1SCC1=C(C(=O)OC(C)(C)C)N2C(=O)[C@@H](NC(=O)C(=NOC)c3csc(NC(c4ccccc4)(c4ccccc4)c4ccccc4)n3)[C@H]2SC1. The van der Waals surface area contributed by atoms with Gasteiger partial charge in [-0.3, -0.25) is 14.5 Å². The molecule has 16 heteroatoms. The fraction of sp³-hybridized carbons (Fsp3) is 0.293. The predicted octanol–water partition coefficient (Wildman–Crippen LogP) is 7.10. The number of β-lactam (4-membered cyclic amide) rings is 1. The Labute approximate surface area is 347 Å². The van der Waals surface area contributed by atoms with Gasteiger partial charge in [-0.25, -0.2) is 9.78 Å². The Hall–Kier alpha value is -5.03. The molecule has 57 heavy (non-hydrogen) atoms. The highest BCUT2D eigenvalue weighted by atomic mass is 32.2. The van der Waals surface area contributed by atoms with E-state index >= 15 is 0 Å². The lowest BCUT2D eigenvalue weighted by Crippen LogP contribution is -2.71. The zero-order valence-corrected chi connectivity index (χ0v) is 35.2. The van der Waals surface area contributed by atoms with Crippen LogP contribution in [-0.2, 0) is 35.9 Å². The third-order valence-electron chi connectivity index (χ3n) is 9.21. The maximum absolute atomic E-state index is 14.0. The minimum Gasteiger partial charge on any atom is -0.455 e. The second-order valence-corrected chi connectivity index (χ2v) is 17.9. The van der Waals surface area contributed by atoms with Crippen molar-refractivity contribution in [3.63, 3.8) is 0 Å². The number of hydrogen-bond acceptors (Lipinski definition) is 14. The van der Waals surface area contributed by atoms with Crippen LogP contribution >= 0.6 is 46.4 Å². The van der Waals surface area contributed by atoms with Gasteiger partial charge in [-0.2, -0.15) is 0 Å². The minimum atomic E-state index is -0.927. The van der Waals surface area contributed by atoms with Gasteiger partial charge in [-0.15, -0.1) is 28.2 Å². The Morgan fingerprint density at radius 1 is 0.965 bits per heavy atom. The number of esters is 1. The average Bonchev–Trinajstić information content (AvgIpc) is 3.89. The van der Waals surface area contributed by atoms with Gasteiger partial charge in [0.15, 0.2) is 10.8 Å². The summed E-state index contributed by atoms with van der Waals surface area (Å²) in [5.74, 6) is -0.772. The molecule has 2 aliphatic heterocycles. The van der Waals surface area contributed by atoms with E-state index < -0.39 is 40.3 Å². The zero-order valence-electron chi connectivity index (χ0n) is 31.9. The number of oxime groups is 1. The van der Waals surface area contributed by atoms with Gasteiger partial charge in [-0.05, 0) is 61.0 Å². The highest BCUT2D eigenvalue weighted by molar-refractivity contribution is 8.01. The lowest BCUT2D eigenvalue weighted by atomic mass is 9.77. The van der Waals surface area contributed by atoms with E-state index in [0.717, 1.165) is 38.6 Å². The number of aryl methyl sites for hydroxylation is 1. The van der Waals surface area contributed by atoms with Crippen molar-refractivity contribution in [2.45, 2.75) is 61.7 Å². The van der Waals surface area contributed by atoms with Crippen LogP contribution < -0.4 is 10.6 Å². The van der Waals surface area contributed by atoms with Crippen molar-refractivity contribution in [1.82, 2.24) is 24.8 Å². The number of ether oxygens (including phenoxy) is 1. The molecule has 4 heterocycles. The van der Waals surface area contributed by atoms with Crippen LogP contribution in [0, 0.1) is 0 Å². The summed E-state index contributed by atoms with van der Waals surface area (Å²) in [6.07, 6.45) is 0.795. The summed E-state index contributed by atoms with van der Waals surface area (Å²) < 4.78 is 9.86. The lowest BCUT2D eigenvalue weighted by Gasteiger charge is -2.50. The van der Waals surface area contributed by atoms with Crippen LogP contribution in [0.1, 0.15) is 55.0 Å². The molecule has 2 N–H and O–H groups in total. The molecular weight excluding hydrogens is 799 g/mol. The molecule has 0 saturated carbocycles. The van der Waals surface area contributed by atoms with E-state index in [1.54, 1.807) is 26.2 Å². The summed E-state index contributed by atoms with van der Waals surface area (Å²) in [6.45, 7) is 7.39. The van der Waals surface area contributed by atoms with Crippen molar-refractivity contribution in [3.8, 4) is 0 Å². The van der Waals surface area contributed by atoms with Crippen LogP contribution in [0.4, 0.5) is 5.13 Å². The number of carbonyl (C=O) groups is 3. The first-order chi connectivity index (χ1) is 27.5. The van der Waals surface area contributed by atoms with Crippen molar-refractivity contribution in [1.29, 1.82) is 0 Å². The predicted molar refractivity (Wildman–Crippen MR) is 226 cm³/mol. The topological polar surface area (TPSA) is 148 Å². The molecule has 0 aliphatic carbocycles. The molecule has 2 aliphatic rings. The van der Waals surface area contributed by atoms with Gasteiger partial charge in [0.25, 0.3) is 11.8 Å². The number of thioether (sulfide) groups is 2. The third-order valence-corrected chi connectivity index (χ3v) is 13.4. The van der Waals surface area contributed by atoms with E-state index in [1.807, 2.05) is 61.5 Å². The molecule has 2 atom stereocenters. The van der Waals surface area contributed by atoms with E-state index in [-0.39, 0.29) is 17.1 Å². The van der Waals surface area contributed by atoms with Gasteiger partial charge in [0, 0.05) is 16.9 Å². The highest BCUT2D eigenvalue weighted by Gasteiger charge is 2.55. The number of thiazole rings is 1. The standard InChI is InChI=1S/C41H41N7O5S4/c1-6-30-35(45-47-57-30)54-22-25-23-55-37-32(36(50)48(37)33(25)38(51)53-40(2,3)4)43-34(49)31(46-52-5)29-24-56-39(42-29)44-41(26-16-10-7-11-17-26,27-18-12-8-13-19-27)28-20-14-9-15-21-28/h7-21,24,32,37H,6,22-23H2,1-5H3,(H,42,44)(H,43,49)/t32-,37-/m1/s1. The van der Waals surface area contributed by atoms with Gasteiger partial charge in [-0.1, -0.05) is 119 Å². The first kappa shape index (κ1) is 40.2. The molecule has 2 aromatic heterocycles. The van der Waals surface area contributed by atoms with Crippen molar-refractivity contribution in [3.05, 3.63) is 135 Å². The maximum Gasteiger partial charge on any atom is 0.355 e. The van der Waals surface area contributed by atoms with E-state index in [4.69, 9.17) is 14.6 Å². The molecular formula is C41H41N7O5S4. The number of amides is 2. The number of fused-ring (bicyclic) bond motifs is 1. The number of hydrogen-bond donors (Lipinski definition) is 2. The number of carbonyl (C=O) groups excluding carboxylic acids is 3. The summed E-state index contributed by atoms with van der Waals surface area (Å²) in [5, 5.41) is 17.4. The molecule has 0 unspecified atom stereocenters. The van der Waals surface area contributed by atoms with Crippen LogP contribution in [0.25, 0.3) is 0 Å². The highest BCUT2D eigenvalue weighted by Crippen LogP contribution is 2.43. The Kier molecular flexibility index (Phi) is 12.1. The van der Waals surface area contributed by atoms with Crippen LogP contribution in [0.5, 0.6) is 0 Å². The minimum absolute atomic E-state index is 0.0952. The van der Waals surface area contributed by atoms with E-state index in [9.17, 15) is 14.4 Å². The number of anilines is 1. The molecule has 0 radical (unpaired) electrons. The monoisotopic (exact) mass is 839 g/mol. The Bertz CT molecular complexity index is 2190. The van der Waals surface area contributed by atoms with Gasteiger partial charge in [0.2, 0.25) is 0 Å². The van der Waals surface area contributed by atoms with Crippen LogP contribution in [0.3, 0.4) is 0 Å². The number of benzene rings is 3. The summed E-state index contributed by atoms with van der Waals surface area (Å²) in [5.41, 5.74) is 2.49. The van der Waals surface area contributed by atoms with Crippen molar-refractivity contribution >= 4 is 75.0 Å². The molecule has 0 bridgehead atoms. The van der Waals surface area contributed by atoms with Crippen LogP contribution in [0.2, 0.25) is 0 Å². The summed E-state index contributed by atoms with van der Waals surface area (Å²) in [6, 6.07) is 29.4. The van der Waals surface area contributed by atoms with Crippen molar-refractivity contribution < 1.29 is 24.0 Å². The number of nitrogens with one attached hydrogen (secondary N) is 2. The molecule has 294 valence electrons. The Morgan fingerprint density at radius 2 is 1.58 bits per heavy atom. The maximum atomic E-state index is 14.0. The van der Waals surface area contributed by atoms with E-state index in [0.29, 0.717) is 16.6 Å². The number of aromatic nitrogens is 3. The smallest absolute Gasteiger partial charge is 0.355 e. The lowest BCUT2D eigenvalue weighted by molar-refractivity contribution is -0.158. The Balaban J connectivity index is 1.14. The van der Waals surface area contributed by atoms with Crippen molar-refractivity contribution in [2.24, 2.45) is 5.16 Å².